The largest absolute Gasteiger partial charge is 0.380 e. The molecule has 0 spiro atoms. The van der Waals surface area contributed by atoms with Gasteiger partial charge in [-0.1, -0.05) is 30.3 Å². The molecule has 0 aliphatic heterocycles. The molecule has 1 rings (SSSR count). The Morgan fingerprint density at radius 1 is 1.18 bits per heavy atom. The lowest BCUT2D eigenvalue weighted by molar-refractivity contribution is 0.141. The third-order valence-electron chi connectivity index (χ3n) is 2.94. The van der Waals surface area contributed by atoms with Crippen LogP contribution in [0, 0.1) is 0 Å². The van der Waals surface area contributed by atoms with Crippen molar-refractivity contribution in [1.82, 2.24) is 5.32 Å². The van der Waals surface area contributed by atoms with Crippen LogP contribution >= 0.6 is 0 Å². The summed E-state index contributed by atoms with van der Waals surface area (Å²) < 4.78 is 5.33. The van der Waals surface area contributed by atoms with E-state index in [-0.39, 0.29) is 5.54 Å². The van der Waals surface area contributed by atoms with Gasteiger partial charge in [0.15, 0.2) is 0 Å². The van der Waals surface area contributed by atoms with Crippen LogP contribution in [0.3, 0.4) is 0 Å². The zero-order chi connectivity index (χ0) is 12.6. The second-order valence-corrected chi connectivity index (χ2v) is 4.99. The predicted molar refractivity (Wildman–Crippen MR) is 73.3 cm³/mol. The maximum atomic E-state index is 5.33. The van der Waals surface area contributed by atoms with Gasteiger partial charge in [0.1, 0.15) is 0 Å². The molecule has 96 valence electrons. The van der Waals surface area contributed by atoms with Crippen molar-refractivity contribution in [3.63, 3.8) is 0 Å². The summed E-state index contributed by atoms with van der Waals surface area (Å²) in [5.74, 6) is 0. The van der Waals surface area contributed by atoms with Crippen LogP contribution in [0.1, 0.15) is 32.8 Å². The highest BCUT2D eigenvalue weighted by atomic mass is 16.5. The van der Waals surface area contributed by atoms with Crippen molar-refractivity contribution >= 4 is 0 Å². The van der Waals surface area contributed by atoms with E-state index in [1.807, 2.05) is 6.92 Å². The summed E-state index contributed by atoms with van der Waals surface area (Å²) in [6, 6.07) is 10.7. The second kappa shape index (κ2) is 7.46. The third kappa shape index (κ3) is 6.44. The van der Waals surface area contributed by atoms with E-state index in [1.165, 1.54) is 5.56 Å². The quantitative estimate of drug-likeness (QED) is 0.699. The Hall–Kier alpha value is -0.860. The van der Waals surface area contributed by atoms with Gasteiger partial charge in [-0.3, -0.25) is 0 Å². The van der Waals surface area contributed by atoms with E-state index in [1.54, 1.807) is 0 Å². The number of hydrogen-bond donors (Lipinski definition) is 1. The number of nitrogens with one attached hydrogen (secondary N) is 1. The lowest BCUT2D eigenvalue weighted by atomic mass is 9.95. The molecule has 0 amide bonds. The number of aryl methyl sites for hydroxylation is 1. The Labute approximate surface area is 105 Å². The minimum atomic E-state index is 0.174. The van der Waals surface area contributed by atoms with Gasteiger partial charge in [0.25, 0.3) is 0 Å². The molecule has 1 aromatic carbocycles. The second-order valence-electron chi connectivity index (χ2n) is 4.99. The smallest absolute Gasteiger partial charge is 0.0590 e. The van der Waals surface area contributed by atoms with Crippen LogP contribution in [-0.4, -0.2) is 25.3 Å². The number of hydrogen-bond acceptors (Lipinski definition) is 2. The summed E-state index contributed by atoms with van der Waals surface area (Å²) in [7, 11) is 0. The highest BCUT2D eigenvalue weighted by Crippen LogP contribution is 2.13. The van der Waals surface area contributed by atoms with E-state index in [2.05, 4.69) is 49.5 Å². The Kier molecular flexibility index (Phi) is 6.23. The fraction of sp³-hybridized carbons (Fsp3) is 0.600. The maximum absolute atomic E-state index is 5.33. The van der Waals surface area contributed by atoms with Gasteiger partial charge in [0, 0.05) is 18.7 Å². The fourth-order valence-electron chi connectivity index (χ4n) is 1.80. The zero-order valence-corrected chi connectivity index (χ0v) is 11.3. The van der Waals surface area contributed by atoms with Gasteiger partial charge in [0.2, 0.25) is 0 Å². The molecule has 0 unspecified atom stereocenters. The number of ether oxygens (including phenoxy) is 1. The first-order valence-electron chi connectivity index (χ1n) is 6.51. The lowest BCUT2D eigenvalue weighted by Crippen LogP contribution is -2.41. The molecule has 0 aromatic heterocycles. The summed E-state index contributed by atoms with van der Waals surface area (Å²) in [6.45, 7) is 9.05. The molecule has 0 aliphatic rings. The Bertz CT molecular complexity index is 295. The van der Waals surface area contributed by atoms with Crippen LogP contribution in [0.15, 0.2) is 30.3 Å². The Balaban J connectivity index is 2.24. The van der Waals surface area contributed by atoms with Crippen LogP contribution < -0.4 is 5.32 Å². The van der Waals surface area contributed by atoms with Gasteiger partial charge in [-0.05, 0) is 39.2 Å². The van der Waals surface area contributed by atoms with Gasteiger partial charge in [-0.15, -0.1) is 0 Å². The first kappa shape index (κ1) is 14.2. The van der Waals surface area contributed by atoms with Crippen LogP contribution in [0.5, 0.6) is 0 Å². The van der Waals surface area contributed by atoms with Crippen LogP contribution in [-0.2, 0) is 11.2 Å². The van der Waals surface area contributed by atoms with Crippen LogP contribution in [0.25, 0.3) is 0 Å². The molecule has 0 radical (unpaired) electrons. The van der Waals surface area contributed by atoms with Gasteiger partial charge >= 0.3 is 0 Å². The summed E-state index contributed by atoms with van der Waals surface area (Å²) in [5.41, 5.74) is 1.58. The van der Waals surface area contributed by atoms with Gasteiger partial charge in [-0.2, -0.15) is 0 Å². The third-order valence-corrected chi connectivity index (χ3v) is 2.94. The lowest BCUT2D eigenvalue weighted by Gasteiger charge is -2.26. The highest BCUT2D eigenvalue weighted by molar-refractivity contribution is 5.15. The Morgan fingerprint density at radius 3 is 2.53 bits per heavy atom. The van der Waals surface area contributed by atoms with Gasteiger partial charge in [-0.25, -0.2) is 0 Å². The SMILES string of the molecule is CCOCCNC(C)(C)CCc1ccccc1. The summed E-state index contributed by atoms with van der Waals surface area (Å²) in [5, 5.41) is 3.54. The van der Waals surface area contributed by atoms with Crippen molar-refractivity contribution in [2.24, 2.45) is 0 Å². The highest BCUT2D eigenvalue weighted by Gasteiger charge is 2.15. The standard InChI is InChI=1S/C15H25NO/c1-4-17-13-12-16-15(2,3)11-10-14-8-6-5-7-9-14/h5-9,16H,4,10-13H2,1-3H3. The number of benzene rings is 1. The minimum Gasteiger partial charge on any atom is -0.380 e. The molecule has 0 heterocycles. The first-order valence-corrected chi connectivity index (χ1v) is 6.51. The van der Waals surface area contributed by atoms with E-state index in [9.17, 15) is 0 Å². The van der Waals surface area contributed by atoms with E-state index in [0.717, 1.165) is 32.6 Å². The van der Waals surface area contributed by atoms with Gasteiger partial charge < -0.3 is 10.1 Å². The molecule has 0 saturated carbocycles. The van der Waals surface area contributed by atoms with E-state index in [4.69, 9.17) is 4.74 Å². The number of rotatable bonds is 8. The normalized spacial score (nSPS) is 11.7. The van der Waals surface area contributed by atoms with E-state index < -0.39 is 0 Å². The van der Waals surface area contributed by atoms with Crippen molar-refractivity contribution in [2.45, 2.75) is 39.2 Å². The summed E-state index contributed by atoms with van der Waals surface area (Å²) >= 11 is 0. The molecule has 1 aromatic rings. The molecule has 2 heteroatoms. The molecule has 0 saturated heterocycles. The van der Waals surface area contributed by atoms with Crippen molar-refractivity contribution in [3.8, 4) is 0 Å². The average molecular weight is 235 g/mol. The maximum Gasteiger partial charge on any atom is 0.0590 e. The molecule has 1 N–H and O–H groups in total. The topological polar surface area (TPSA) is 21.3 Å². The van der Waals surface area contributed by atoms with E-state index in [0.29, 0.717) is 0 Å². The van der Waals surface area contributed by atoms with Gasteiger partial charge in [0.05, 0.1) is 6.61 Å². The minimum absolute atomic E-state index is 0.174. The van der Waals surface area contributed by atoms with Crippen molar-refractivity contribution < 1.29 is 4.74 Å². The molecule has 2 nitrogen and oxygen atoms in total. The molecular formula is C15H25NO. The zero-order valence-electron chi connectivity index (χ0n) is 11.3. The van der Waals surface area contributed by atoms with Crippen molar-refractivity contribution in [2.75, 3.05) is 19.8 Å². The van der Waals surface area contributed by atoms with Crippen molar-refractivity contribution in [3.05, 3.63) is 35.9 Å². The fourth-order valence-corrected chi connectivity index (χ4v) is 1.80. The molecule has 0 atom stereocenters. The molecular weight excluding hydrogens is 210 g/mol. The first-order chi connectivity index (χ1) is 8.14. The predicted octanol–water partition coefficient (Wildman–Crippen LogP) is 3.02. The molecule has 0 fully saturated rings. The molecule has 17 heavy (non-hydrogen) atoms. The van der Waals surface area contributed by atoms with Crippen LogP contribution in [0.2, 0.25) is 0 Å². The molecule has 0 aliphatic carbocycles. The molecule has 0 bridgehead atoms. The van der Waals surface area contributed by atoms with Crippen molar-refractivity contribution in [1.29, 1.82) is 0 Å². The summed E-state index contributed by atoms with van der Waals surface area (Å²) in [4.78, 5) is 0. The summed E-state index contributed by atoms with van der Waals surface area (Å²) in [6.07, 6.45) is 2.26. The van der Waals surface area contributed by atoms with Crippen LogP contribution in [0.4, 0.5) is 0 Å². The van der Waals surface area contributed by atoms with E-state index >= 15 is 0 Å². The average Bonchev–Trinajstić information content (AvgIpc) is 2.34. The monoisotopic (exact) mass is 235 g/mol. The Morgan fingerprint density at radius 2 is 1.88 bits per heavy atom.